The smallest absolute Gasteiger partial charge is 0.0998 e. The number of rotatable bonds is 7. The molecule has 2 heterocycles. The van der Waals surface area contributed by atoms with E-state index in [0.29, 0.717) is 12.0 Å². The van der Waals surface area contributed by atoms with E-state index in [9.17, 15) is 10.5 Å². The van der Waals surface area contributed by atoms with Crippen LogP contribution in [-0.2, 0) is 6.42 Å². The van der Waals surface area contributed by atoms with Crippen molar-refractivity contribution in [2.24, 2.45) is 0 Å². The summed E-state index contributed by atoms with van der Waals surface area (Å²) < 4.78 is 4.63. The lowest BCUT2D eigenvalue weighted by molar-refractivity contribution is 0.891. The molecule has 1 aliphatic rings. The van der Waals surface area contributed by atoms with Crippen molar-refractivity contribution in [3.63, 3.8) is 0 Å². The molecule has 4 nitrogen and oxygen atoms in total. The highest BCUT2D eigenvalue weighted by Crippen LogP contribution is 2.39. The van der Waals surface area contributed by atoms with Gasteiger partial charge in [-0.1, -0.05) is 104 Å². The van der Waals surface area contributed by atoms with E-state index >= 15 is 0 Å². The molecule has 8 rings (SSSR count). The van der Waals surface area contributed by atoms with E-state index in [0.717, 1.165) is 74.7 Å². The number of nitriles is 2. The van der Waals surface area contributed by atoms with E-state index in [2.05, 4.69) is 150 Å². The van der Waals surface area contributed by atoms with Gasteiger partial charge >= 0.3 is 0 Å². The summed E-state index contributed by atoms with van der Waals surface area (Å²) in [6.45, 7) is 4.36. The van der Waals surface area contributed by atoms with Crippen LogP contribution in [0, 0.1) is 29.6 Å². The van der Waals surface area contributed by atoms with Gasteiger partial charge in [-0.25, -0.2) is 0 Å². The fourth-order valence-electron chi connectivity index (χ4n) is 7.78. The van der Waals surface area contributed by atoms with Gasteiger partial charge in [0, 0.05) is 44.2 Å². The molecule has 0 amide bonds. The van der Waals surface area contributed by atoms with Crippen molar-refractivity contribution in [1.82, 2.24) is 9.13 Å². The molecule has 240 valence electrons. The van der Waals surface area contributed by atoms with Crippen LogP contribution in [-0.4, -0.2) is 9.13 Å². The zero-order valence-corrected chi connectivity index (χ0v) is 28.3. The number of para-hydroxylation sites is 3. The Morgan fingerprint density at radius 2 is 1.44 bits per heavy atom. The summed E-state index contributed by atoms with van der Waals surface area (Å²) in [5.41, 5.74) is 14.0. The Morgan fingerprint density at radius 3 is 2.24 bits per heavy atom. The number of hydrogen-bond donors (Lipinski definition) is 0. The summed E-state index contributed by atoms with van der Waals surface area (Å²) in [5.74, 6) is 0. The van der Waals surface area contributed by atoms with Gasteiger partial charge in [0.15, 0.2) is 0 Å². The number of fused-ring (bicyclic) bond motifs is 4. The lowest BCUT2D eigenvalue weighted by atomic mass is 9.86. The summed E-state index contributed by atoms with van der Waals surface area (Å²) >= 11 is 0. The average molecular weight is 645 g/mol. The number of allylic oxidation sites excluding steroid dienone is 5. The van der Waals surface area contributed by atoms with Crippen molar-refractivity contribution >= 4 is 44.4 Å². The van der Waals surface area contributed by atoms with Crippen LogP contribution in [0.2, 0.25) is 0 Å². The standard InChI is InChI=1S/C46H36N4/c1-3-4-16-37-31(2)49(42-20-8-5-17-38(37)42)43-21-9-6-18-39(43)41-28-33(24-25-34(41)29-47)26-32-13-11-15-36(27-32)50-44-22-10-7-19-40(44)46-35(30-48)14-12-23-45(46)50/h4-23,27-28H,3,24-26H2,1-2H3/b16-4-. The highest BCUT2D eigenvalue weighted by molar-refractivity contribution is 6.11. The molecule has 2 aromatic heterocycles. The number of benzene rings is 5. The summed E-state index contributed by atoms with van der Waals surface area (Å²) in [6, 6.07) is 45.1. The monoisotopic (exact) mass is 644 g/mol. The predicted molar refractivity (Wildman–Crippen MR) is 206 cm³/mol. The molecule has 0 spiro atoms. The first kappa shape index (κ1) is 30.9. The third kappa shape index (κ3) is 5.14. The van der Waals surface area contributed by atoms with Gasteiger partial charge < -0.3 is 9.13 Å². The van der Waals surface area contributed by atoms with Crippen LogP contribution >= 0.6 is 0 Å². The molecule has 0 radical (unpaired) electrons. The average Bonchev–Trinajstić information content (AvgIpc) is 3.65. The first-order valence-electron chi connectivity index (χ1n) is 17.3. The van der Waals surface area contributed by atoms with E-state index in [-0.39, 0.29) is 0 Å². The van der Waals surface area contributed by atoms with Crippen LogP contribution in [0.5, 0.6) is 0 Å². The molecule has 0 saturated carbocycles. The highest BCUT2D eigenvalue weighted by Gasteiger charge is 2.22. The Balaban J connectivity index is 1.21. The Morgan fingerprint density at radius 1 is 0.720 bits per heavy atom. The topological polar surface area (TPSA) is 57.4 Å². The van der Waals surface area contributed by atoms with E-state index in [1.54, 1.807) is 0 Å². The summed E-state index contributed by atoms with van der Waals surface area (Å²) in [6.07, 6.45) is 10.1. The van der Waals surface area contributed by atoms with Gasteiger partial charge in [0.05, 0.1) is 39.9 Å². The second kappa shape index (κ2) is 12.9. The molecule has 7 aromatic rings. The largest absolute Gasteiger partial charge is 0.313 e. The fourth-order valence-corrected chi connectivity index (χ4v) is 7.78. The summed E-state index contributed by atoms with van der Waals surface area (Å²) in [4.78, 5) is 0. The van der Waals surface area contributed by atoms with E-state index in [1.165, 1.54) is 27.8 Å². The minimum atomic E-state index is 0.686. The predicted octanol–water partition coefficient (Wildman–Crippen LogP) is 11.6. The lowest BCUT2D eigenvalue weighted by Crippen LogP contribution is -2.06. The zero-order chi connectivity index (χ0) is 34.2. The Labute approximate surface area is 292 Å². The second-order valence-electron chi connectivity index (χ2n) is 13.0. The second-order valence-corrected chi connectivity index (χ2v) is 13.0. The van der Waals surface area contributed by atoms with Crippen LogP contribution in [0.4, 0.5) is 0 Å². The normalized spacial score (nSPS) is 13.3. The van der Waals surface area contributed by atoms with Crippen molar-refractivity contribution < 1.29 is 0 Å². The zero-order valence-electron chi connectivity index (χ0n) is 28.3. The van der Waals surface area contributed by atoms with Gasteiger partial charge in [-0.2, -0.15) is 10.5 Å². The first-order chi connectivity index (χ1) is 24.6. The van der Waals surface area contributed by atoms with E-state index in [1.807, 2.05) is 18.2 Å². The van der Waals surface area contributed by atoms with Gasteiger partial charge in [-0.05, 0) is 86.2 Å². The molecular weight excluding hydrogens is 609 g/mol. The molecule has 0 saturated heterocycles. The maximum atomic E-state index is 10.4. The van der Waals surface area contributed by atoms with Gasteiger partial charge in [-0.15, -0.1) is 0 Å². The Bertz CT molecular complexity index is 2640. The van der Waals surface area contributed by atoms with Crippen molar-refractivity contribution in [2.75, 3.05) is 0 Å². The van der Waals surface area contributed by atoms with E-state index < -0.39 is 0 Å². The molecular formula is C46H36N4. The molecule has 50 heavy (non-hydrogen) atoms. The molecule has 0 N–H and O–H groups in total. The number of nitrogens with zero attached hydrogens (tertiary/aromatic N) is 4. The van der Waals surface area contributed by atoms with Crippen LogP contribution < -0.4 is 0 Å². The molecule has 0 bridgehead atoms. The molecule has 0 aliphatic heterocycles. The van der Waals surface area contributed by atoms with Gasteiger partial charge in [0.2, 0.25) is 0 Å². The first-order valence-corrected chi connectivity index (χ1v) is 17.3. The van der Waals surface area contributed by atoms with Crippen molar-refractivity contribution in [3.8, 4) is 23.5 Å². The maximum Gasteiger partial charge on any atom is 0.0998 e. The SMILES string of the molecule is CC/C=C\c1c(C)n(-c2ccccc2C2=C(C#N)CCC(Cc3cccc(-n4c5ccccc5c5c(C#N)cccc54)c3)=C2)c2ccccc12. The van der Waals surface area contributed by atoms with Crippen LogP contribution in [0.3, 0.4) is 0 Å². The lowest BCUT2D eigenvalue weighted by Gasteiger charge is -2.21. The Kier molecular flexibility index (Phi) is 8.00. The van der Waals surface area contributed by atoms with Gasteiger partial charge in [0.25, 0.3) is 0 Å². The van der Waals surface area contributed by atoms with Gasteiger partial charge in [-0.3, -0.25) is 0 Å². The fraction of sp³-hybridized carbons (Fsp3) is 0.130. The summed E-state index contributed by atoms with van der Waals surface area (Å²) in [5, 5.41) is 23.6. The Hall–Kier alpha value is -6.36. The van der Waals surface area contributed by atoms with E-state index in [4.69, 9.17) is 0 Å². The summed E-state index contributed by atoms with van der Waals surface area (Å²) in [7, 11) is 0. The van der Waals surface area contributed by atoms with Crippen molar-refractivity contribution in [1.29, 1.82) is 10.5 Å². The van der Waals surface area contributed by atoms with Crippen LogP contribution in [0.25, 0.3) is 55.7 Å². The van der Waals surface area contributed by atoms with Gasteiger partial charge in [0.1, 0.15) is 0 Å². The molecule has 5 aromatic carbocycles. The van der Waals surface area contributed by atoms with Crippen LogP contribution in [0.1, 0.15) is 54.1 Å². The third-order valence-electron chi connectivity index (χ3n) is 10.0. The molecule has 0 atom stereocenters. The van der Waals surface area contributed by atoms with Crippen LogP contribution in [0.15, 0.2) is 139 Å². The number of hydrogen-bond acceptors (Lipinski definition) is 2. The molecule has 0 unspecified atom stereocenters. The number of aromatic nitrogens is 2. The third-order valence-corrected chi connectivity index (χ3v) is 10.0. The molecule has 0 fully saturated rings. The highest BCUT2D eigenvalue weighted by atomic mass is 15.0. The minimum Gasteiger partial charge on any atom is -0.313 e. The van der Waals surface area contributed by atoms with Crippen molar-refractivity contribution in [3.05, 3.63) is 167 Å². The molecule has 4 heteroatoms. The minimum absolute atomic E-state index is 0.686. The molecule has 1 aliphatic carbocycles. The van der Waals surface area contributed by atoms with Crippen molar-refractivity contribution in [2.45, 2.75) is 39.5 Å². The quantitative estimate of drug-likeness (QED) is 0.173. The maximum absolute atomic E-state index is 10.4.